The van der Waals surface area contributed by atoms with Gasteiger partial charge in [-0.15, -0.1) is 0 Å². The molecule has 0 bridgehead atoms. The smallest absolute Gasteiger partial charge is 0.253 e. The molecular weight excluding hydrogens is 362 g/mol. The molecule has 3 aromatic rings. The molecule has 0 aliphatic carbocycles. The minimum atomic E-state index is 0.0996. The maximum atomic E-state index is 13.0. The zero-order valence-corrected chi connectivity index (χ0v) is 17.0. The average Bonchev–Trinajstić information content (AvgIpc) is 3.12. The van der Waals surface area contributed by atoms with Gasteiger partial charge < -0.3 is 14.7 Å². The van der Waals surface area contributed by atoms with Crippen LogP contribution in [0.4, 0.5) is 11.5 Å². The van der Waals surface area contributed by atoms with E-state index >= 15 is 0 Å². The molecule has 1 fully saturated rings. The number of carbonyl (C=O) groups is 1. The standard InChI is InChI=1S/C23H27N5O/c1-26(2)20-11-6-10-19(16-20)23(29)28-13-7-12-27(14-15-28)22-17-21(24-25-22)18-8-4-3-5-9-18/h3-6,8-11,16-17H,7,12-15H2,1-2H3,(H,24,25). The number of aromatic nitrogens is 2. The number of rotatable bonds is 4. The summed E-state index contributed by atoms with van der Waals surface area (Å²) in [6.45, 7) is 3.12. The zero-order valence-electron chi connectivity index (χ0n) is 17.0. The lowest BCUT2D eigenvalue weighted by Crippen LogP contribution is -2.35. The van der Waals surface area contributed by atoms with Crippen LogP contribution in [0.25, 0.3) is 11.3 Å². The Morgan fingerprint density at radius 3 is 2.59 bits per heavy atom. The van der Waals surface area contributed by atoms with E-state index < -0.39 is 0 Å². The molecule has 0 atom stereocenters. The lowest BCUT2D eigenvalue weighted by molar-refractivity contribution is 0.0767. The number of aromatic amines is 1. The molecule has 1 aromatic heterocycles. The van der Waals surface area contributed by atoms with Crippen molar-refractivity contribution in [2.75, 3.05) is 50.1 Å². The number of carbonyl (C=O) groups excluding carboxylic acids is 1. The maximum Gasteiger partial charge on any atom is 0.253 e. The minimum Gasteiger partial charge on any atom is -0.378 e. The van der Waals surface area contributed by atoms with E-state index in [1.807, 2.05) is 66.4 Å². The van der Waals surface area contributed by atoms with Gasteiger partial charge in [-0.25, -0.2) is 0 Å². The fourth-order valence-corrected chi connectivity index (χ4v) is 3.69. The Bertz CT molecular complexity index is 966. The van der Waals surface area contributed by atoms with Crippen molar-refractivity contribution in [1.82, 2.24) is 15.1 Å². The van der Waals surface area contributed by atoms with Gasteiger partial charge in [0.2, 0.25) is 0 Å². The topological polar surface area (TPSA) is 55.5 Å². The number of benzene rings is 2. The summed E-state index contributed by atoms with van der Waals surface area (Å²) >= 11 is 0. The maximum absolute atomic E-state index is 13.0. The summed E-state index contributed by atoms with van der Waals surface area (Å²) < 4.78 is 0. The molecule has 1 aliphatic rings. The van der Waals surface area contributed by atoms with E-state index in [1.165, 1.54) is 0 Å². The molecule has 2 heterocycles. The predicted molar refractivity (Wildman–Crippen MR) is 118 cm³/mol. The molecule has 1 aliphatic heterocycles. The van der Waals surface area contributed by atoms with Crippen LogP contribution in [-0.2, 0) is 0 Å². The number of nitrogens with one attached hydrogen (secondary N) is 1. The van der Waals surface area contributed by atoms with Crippen molar-refractivity contribution in [2.45, 2.75) is 6.42 Å². The van der Waals surface area contributed by atoms with Crippen molar-refractivity contribution in [2.24, 2.45) is 0 Å². The predicted octanol–water partition coefficient (Wildman–Crippen LogP) is 3.50. The number of anilines is 2. The lowest BCUT2D eigenvalue weighted by atomic mass is 10.1. The molecule has 1 N–H and O–H groups in total. The molecule has 0 saturated carbocycles. The first kappa shape index (κ1) is 19.1. The number of H-pyrrole nitrogens is 1. The Labute approximate surface area is 171 Å². The SMILES string of the molecule is CN(C)c1cccc(C(=O)N2CCCN(c3cc(-c4ccccc4)[nH]n3)CC2)c1. The summed E-state index contributed by atoms with van der Waals surface area (Å²) in [4.78, 5) is 19.3. The molecule has 4 rings (SSSR count). The highest BCUT2D eigenvalue weighted by atomic mass is 16.2. The second kappa shape index (κ2) is 8.39. The van der Waals surface area contributed by atoms with Crippen LogP contribution in [0, 0.1) is 0 Å². The van der Waals surface area contributed by atoms with Gasteiger partial charge in [-0.2, -0.15) is 5.10 Å². The van der Waals surface area contributed by atoms with Crippen molar-refractivity contribution in [3.8, 4) is 11.3 Å². The molecule has 2 aromatic carbocycles. The molecule has 1 saturated heterocycles. The lowest BCUT2D eigenvalue weighted by Gasteiger charge is -2.22. The fourth-order valence-electron chi connectivity index (χ4n) is 3.69. The van der Waals surface area contributed by atoms with Crippen molar-refractivity contribution < 1.29 is 4.79 Å². The third kappa shape index (κ3) is 4.26. The van der Waals surface area contributed by atoms with Crippen LogP contribution in [0.1, 0.15) is 16.8 Å². The molecule has 6 nitrogen and oxygen atoms in total. The van der Waals surface area contributed by atoms with Crippen LogP contribution in [0.2, 0.25) is 0 Å². The van der Waals surface area contributed by atoms with E-state index in [9.17, 15) is 4.79 Å². The Morgan fingerprint density at radius 1 is 0.966 bits per heavy atom. The van der Waals surface area contributed by atoms with E-state index in [0.717, 1.165) is 54.4 Å². The van der Waals surface area contributed by atoms with Crippen LogP contribution in [-0.4, -0.2) is 61.3 Å². The van der Waals surface area contributed by atoms with E-state index in [4.69, 9.17) is 0 Å². The van der Waals surface area contributed by atoms with E-state index in [2.05, 4.69) is 33.3 Å². The van der Waals surface area contributed by atoms with Crippen LogP contribution in [0.3, 0.4) is 0 Å². The van der Waals surface area contributed by atoms with Crippen LogP contribution in [0.5, 0.6) is 0 Å². The van der Waals surface area contributed by atoms with Crippen molar-refractivity contribution in [1.29, 1.82) is 0 Å². The molecule has 29 heavy (non-hydrogen) atoms. The molecular formula is C23H27N5O. The highest BCUT2D eigenvalue weighted by Gasteiger charge is 2.22. The first-order valence-electron chi connectivity index (χ1n) is 10.0. The quantitative estimate of drug-likeness (QED) is 0.742. The summed E-state index contributed by atoms with van der Waals surface area (Å²) in [6.07, 6.45) is 0.923. The van der Waals surface area contributed by atoms with Gasteiger partial charge in [-0.05, 0) is 30.2 Å². The fraction of sp³-hybridized carbons (Fsp3) is 0.304. The van der Waals surface area contributed by atoms with E-state index in [1.54, 1.807) is 0 Å². The van der Waals surface area contributed by atoms with E-state index in [-0.39, 0.29) is 5.91 Å². The highest BCUT2D eigenvalue weighted by molar-refractivity contribution is 5.95. The molecule has 6 heteroatoms. The molecule has 0 radical (unpaired) electrons. The molecule has 1 amide bonds. The van der Waals surface area contributed by atoms with Gasteiger partial charge in [-0.1, -0.05) is 36.4 Å². The van der Waals surface area contributed by atoms with Gasteiger partial charge in [0.1, 0.15) is 0 Å². The Hall–Kier alpha value is -3.28. The second-order valence-electron chi connectivity index (χ2n) is 7.58. The Balaban J connectivity index is 1.44. The average molecular weight is 390 g/mol. The van der Waals surface area contributed by atoms with Gasteiger partial charge in [0, 0.05) is 57.6 Å². The molecule has 150 valence electrons. The third-order valence-corrected chi connectivity index (χ3v) is 5.37. The summed E-state index contributed by atoms with van der Waals surface area (Å²) in [7, 11) is 3.97. The first-order chi connectivity index (χ1) is 14.1. The normalized spacial score (nSPS) is 14.6. The monoisotopic (exact) mass is 389 g/mol. The Kier molecular flexibility index (Phi) is 5.51. The molecule has 0 spiro atoms. The number of hydrogen-bond donors (Lipinski definition) is 1. The number of amides is 1. The summed E-state index contributed by atoms with van der Waals surface area (Å²) in [6, 6.07) is 20.1. The van der Waals surface area contributed by atoms with Crippen molar-refractivity contribution in [3.05, 3.63) is 66.2 Å². The third-order valence-electron chi connectivity index (χ3n) is 5.37. The van der Waals surface area contributed by atoms with Crippen molar-refractivity contribution in [3.63, 3.8) is 0 Å². The van der Waals surface area contributed by atoms with Crippen LogP contribution >= 0.6 is 0 Å². The molecule has 0 unspecified atom stereocenters. The van der Waals surface area contributed by atoms with Gasteiger partial charge in [0.15, 0.2) is 5.82 Å². The summed E-state index contributed by atoms with van der Waals surface area (Å²) in [5, 5.41) is 7.65. The largest absolute Gasteiger partial charge is 0.378 e. The van der Waals surface area contributed by atoms with Gasteiger partial charge in [-0.3, -0.25) is 9.89 Å². The summed E-state index contributed by atoms with van der Waals surface area (Å²) in [5.41, 5.74) is 3.92. The van der Waals surface area contributed by atoms with Gasteiger partial charge >= 0.3 is 0 Å². The van der Waals surface area contributed by atoms with E-state index in [0.29, 0.717) is 6.54 Å². The van der Waals surface area contributed by atoms with Gasteiger partial charge in [0.05, 0.1) is 5.69 Å². The minimum absolute atomic E-state index is 0.0996. The Morgan fingerprint density at radius 2 is 1.79 bits per heavy atom. The second-order valence-corrected chi connectivity index (χ2v) is 7.58. The zero-order chi connectivity index (χ0) is 20.2. The van der Waals surface area contributed by atoms with Crippen molar-refractivity contribution >= 4 is 17.4 Å². The number of hydrogen-bond acceptors (Lipinski definition) is 4. The van der Waals surface area contributed by atoms with Gasteiger partial charge in [0.25, 0.3) is 5.91 Å². The summed E-state index contributed by atoms with van der Waals surface area (Å²) in [5.74, 6) is 1.04. The van der Waals surface area contributed by atoms with Crippen LogP contribution < -0.4 is 9.80 Å². The van der Waals surface area contributed by atoms with Crippen LogP contribution in [0.15, 0.2) is 60.7 Å². The highest BCUT2D eigenvalue weighted by Crippen LogP contribution is 2.23. The number of nitrogens with zero attached hydrogens (tertiary/aromatic N) is 4. The first-order valence-corrected chi connectivity index (χ1v) is 10.0.